The van der Waals surface area contributed by atoms with E-state index in [1.807, 2.05) is 19.2 Å². The van der Waals surface area contributed by atoms with Gasteiger partial charge in [-0.3, -0.25) is 9.59 Å². The molecule has 35 heavy (non-hydrogen) atoms. The van der Waals surface area contributed by atoms with Crippen LogP contribution in [0.15, 0.2) is 22.3 Å². The maximum absolute atomic E-state index is 13.0. The van der Waals surface area contributed by atoms with Crippen molar-refractivity contribution in [2.75, 3.05) is 32.7 Å². The molecule has 3 N–H and O–H groups in total. The number of carbonyl (C=O) groups is 1. The number of rotatable bonds is 11. The van der Waals surface area contributed by atoms with Gasteiger partial charge in [-0.25, -0.2) is 0 Å². The van der Waals surface area contributed by atoms with Crippen molar-refractivity contribution in [3.05, 3.63) is 60.7 Å². The van der Waals surface area contributed by atoms with Crippen LogP contribution >= 0.6 is 11.3 Å². The number of aromatic amines is 1. The van der Waals surface area contributed by atoms with E-state index in [1.54, 1.807) is 11.3 Å². The van der Waals surface area contributed by atoms with Crippen molar-refractivity contribution in [2.24, 2.45) is 5.92 Å². The number of aryl methyl sites for hydroxylation is 2. The normalized spacial score (nSPS) is 15.9. The predicted molar refractivity (Wildman–Crippen MR) is 147 cm³/mol. The predicted octanol–water partition coefficient (Wildman–Crippen LogP) is 4.66. The van der Waals surface area contributed by atoms with E-state index >= 15 is 0 Å². The number of allylic oxidation sites excluding steroid dienone is 1. The molecule has 3 rings (SSSR count). The molecule has 3 heterocycles. The smallest absolute Gasteiger partial charge is 0.253 e. The Morgan fingerprint density at radius 3 is 2.69 bits per heavy atom. The van der Waals surface area contributed by atoms with E-state index in [1.165, 1.54) is 10.5 Å². The van der Waals surface area contributed by atoms with Crippen LogP contribution in [0.1, 0.15) is 77.7 Å². The summed E-state index contributed by atoms with van der Waals surface area (Å²) in [5.41, 5.74) is 5.45. The number of aromatic nitrogens is 1. The topological polar surface area (TPSA) is 77.2 Å². The van der Waals surface area contributed by atoms with Crippen LogP contribution in [0.5, 0.6) is 0 Å². The number of thiophene rings is 1. The largest absolute Gasteiger partial charge is 0.348 e. The molecule has 1 amide bonds. The third-order valence-corrected chi connectivity index (χ3v) is 8.43. The Balaban J connectivity index is 1.62. The summed E-state index contributed by atoms with van der Waals surface area (Å²) in [4.78, 5) is 32.4. The van der Waals surface area contributed by atoms with Gasteiger partial charge in [-0.05, 0) is 68.7 Å². The van der Waals surface area contributed by atoms with Crippen molar-refractivity contribution < 1.29 is 4.79 Å². The van der Waals surface area contributed by atoms with Gasteiger partial charge in [-0.2, -0.15) is 0 Å². The van der Waals surface area contributed by atoms with Crippen LogP contribution in [-0.2, 0) is 13.0 Å². The lowest BCUT2D eigenvalue weighted by Crippen LogP contribution is -2.43. The highest BCUT2D eigenvalue weighted by Gasteiger charge is 2.18. The highest BCUT2D eigenvalue weighted by Crippen LogP contribution is 2.31. The molecule has 1 saturated heterocycles. The number of amides is 1. The van der Waals surface area contributed by atoms with E-state index in [0.29, 0.717) is 17.0 Å². The van der Waals surface area contributed by atoms with Crippen LogP contribution in [0.3, 0.4) is 0 Å². The van der Waals surface area contributed by atoms with Gasteiger partial charge in [0.1, 0.15) is 0 Å². The Kier molecular flexibility index (Phi) is 10.3. The van der Waals surface area contributed by atoms with Gasteiger partial charge in [-0.15, -0.1) is 11.3 Å². The van der Waals surface area contributed by atoms with Crippen LogP contribution in [0.2, 0.25) is 0 Å². The lowest BCUT2D eigenvalue weighted by molar-refractivity contribution is 0.0950. The molecular formula is C28H42N4O2S. The summed E-state index contributed by atoms with van der Waals surface area (Å²) in [6, 6.07) is 2.05. The average Bonchev–Trinajstić information content (AvgIpc) is 3.24. The molecule has 0 spiro atoms. The van der Waals surface area contributed by atoms with E-state index < -0.39 is 0 Å². The highest BCUT2D eigenvalue weighted by atomic mass is 32.1. The molecule has 2 aromatic rings. The molecule has 0 bridgehead atoms. The fraction of sp³-hybridized carbons (Fsp3) is 0.571. The molecule has 0 aromatic carbocycles. The second-order valence-corrected chi connectivity index (χ2v) is 10.7. The fourth-order valence-electron chi connectivity index (χ4n) is 4.57. The number of nitrogens with zero attached hydrogens (tertiary/aromatic N) is 1. The van der Waals surface area contributed by atoms with Crippen molar-refractivity contribution in [2.45, 2.75) is 66.8 Å². The van der Waals surface area contributed by atoms with Crippen LogP contribution in [0, 0.1) is 19.8 Å². The zero-order valence-electron chi connectivity index (χ0n) is 22.1. The first-order valence-electron chi connectivity index (χ1n) is 13.0. The summed E-state index contributed by atoms with van der Waals surface area (Å²) >= 11 is 1.64. The van der Waals surface area contributed by atoms with Crippen LogP contribution < -0.4 is 16.2 Å². The molecule has 0 radical (unpaired) electrons. The summed E-state index contributed by atoms with van der Waals surface area (Å²) in [6.45, 7) is 16.0. The first-order valence-corrected chi connectivity index (χ1v) is 13.9. The van der Waals surface area contributed by atoms with Crippen molar-refractivity contribution in [1.82, 2.24) is 20.5 Å². The van der Waals surface area contributed by atoms with E-state index in [2.05, 4.69) is 53.4 Å². The Labute approximate surface area is 214 Å². The Morgan fingerprint density at radius 2 is 2.03 bits per heavy atom. The monoisotopic (exact) mass is 498 g/mol. The van der Waals surface area contributed by atoms with E-state index in [0.717, 1.165) is 75.2 Å². The molecule has 1 atom stereocenters. The number of carbonyl (C=O) groups excluding carboxylic acids is 1. The minimum atomic E-state index is -0.123. The van der Waals surface area contributed by atoms with Crippen LogP contribution in [-0.4, -0.2) is 48.5 Å². The third-order valence-electron chi connectivity index (χ3n) is 7.27. The molecule has 192 valence electrons. The molecule has 6 nitrogen and oxygen atoms in total. The van der Waals surface area contributed by atoms with E-state index in [4.69, 9.17) is 0 Å². The van der Waals surface area contributed by atoms with Gasteiger partial charge in [0.15, 0.2) is 0 Å². The number of hydrogen-bond acceptors (Lipinski definition) is 5. The Bertz CT molecular complexity index is 1080. The number of H-pyrrole nitrogens is 1. The molecule has 1 aliphatic heterocycles. The van der Waals surface area contributed by atoms with Gasteiger partial charge in [0.2, 0.25) is 0 Å². The molecule has 2 aromatic heterocycles. The van der Waals surface area contributed by atoms with Gasteiger partial charge in [0, 0.05) is 60.8 Å². The summed E-state index contributed by atoms with van der Waals surface area (Å²) < 4.78 is 0. The number of pyridine rings is 1. The van der Waals surface area contributed by atoms with Crippen molar-refractivity contribution in [3.63, 3.8) is 0 Å². The summed E-state index contributed by atoms with van der Waals surface area (Å²) in [5, 5.41) is 8.33. The summed E-state index contributed by atoms with van der Waals surface area (Å²) in [7, 11) is 0. The van der Waals surface area contributed by atoms with Crippen LogP contribution in [0.4, 0.5) is 0 Å². The lowest BCUT2D eigenvalue weighted by Gasteiger charge is -2.27. The molecule has 1 fully saturated rings. The zero-order chi connectivity index (χ0) is 25.4. The molecule has 1 unspecified atom stereocenters. The molecular weight excluding hydrogens is 456 g/mol. The maximum Gasteiger partial charge on any atom is 0.253 e. The standard InChI is InChI=1S/C28H42N4O2S/c1-6-19(3)8-9-23-16-20(4)24(28(34)31-23)17-30-27(33)25-18-35-26(21(25)5)22(7-2)10-13-32-14-11-29-12-15-32/h7,16,18-19,29H,6,8-15,17H2,1-5H3,(H,30,33)(H,31,34). The summed E-state index contributed by atoms with van der Waals surface area (Å²) in [6.07, 6.45) is 6.23. The minimum absolute atomic E-state index is 0.101. The molecule has 0 saturated carbocycles. The van der Waals surface area contributed by atoms with Crippen molar-refractivity contribution in [3.8, 4) is 0 Å². The first kappa shape index (κ1) is 27.4. The highest BCUT2D eigenvalue weighted by molar-refractivity contribution is 7.11. The van der Waals surface area contributed by atoms with Gasteiger partial charge in [0.25, 0.3) is 11.5 Å². The van der Waals surface area contributed by atoms with Gasteiger partial charge >= 0.3 is 0 Å². The molecule has 1 aliphatic rings. The van der Waals surface area contributed by atoms with Gasteiger partial charge in [-0.1, -0.05) is 26.3 Å². The SMILES string of the molecule is CC=C(CCN1CCNCC1)c1scc(C(=O)NCc2c(C)cc(CCC(C)CC)[nH]c2=O)c1C. The third kappa shape index (κ3) is 7.38. The van der Waals surface area contributed by atoms with E-state index in [9.17, 15) is 9.59 Å². The van der Waals surface area contributed by atoms with Crippen molar-refractivity contribution in [1.29, 1.82) is 0 Å². The molecule has 7 heteroatoms. The number of nitrogens with one attached hydrogen (secondary N) is 3. The number of hydrogen-bond donors (Lipinski definition) is 3. The Hall–Kier alpha value is -2.22. The lowest BCUT2D eigenvalue weighted by atomic mass is 10.00. The number of piperazine rings is 1. The fourth-order valence-corrected chi connectivity index (χ4v) is 5.75. The summed E-state index contributed by atoms with van der Waals surface area (Å²) in [5.74, 6) is 0.517. The Morgan fingerprint density at radius 1 is 1.29 bits per heavy atom. The van der Waals surface area contributed by atoms with Gasteiger partial charge in [0.05, 0.1) is 5.56 Å². The second kappa shape index (κ2) is 13.2. The van der Waals surface area contributed by atoms with Crippen molar-refractivity contribution >= 4 is 22.8 Å². The average molecular weight is 499 g/mol. The quantitative estimate of drug-likeness (QED) is 0.421. The minimum Gasteiger partial charge on any atom is -0.348 e. The first-order chi connectivity index (χ1) is 16.8. The maximum atomic E-state index is 13.0. The van der Waals surface area contributed by atoms with Crippen LogP contribution in [0.25, 0.3) is 5.57 Å². The second-order valence-electron chi connectivity index (χ2n) is 9.78. The van der Waals surface area contributed by atoms with E-state index in [-0.39, 0.29) is 18.0 Å². The molecule has 0 aliphatic carbocycles. The van der Waals surface area contributed by atoms with Gasteiger partial charge < -0.3 is 20.5 Å². The zero-order valence-corrected chi connectivity index (χ0v) is 22.9.